The van der Waals surface area contributed by atoms with Gasteiger partial charge in [0.15, 0.2) is 5.60 Å². The normalized spacial score (nSPS) is 15.3. The van der Waals surface area contributed by atoms with Crippen molar-refractivity contribution in [2.24, 2.45) is 5.92 Å². The molecule has 0 atom stereocenters. The van der Waals surface area contributed by atoms with Crippen LogP contribution >= 0.6 is 11.6 Å². The number of ether oxygens (including phenoxy) is 2. The highest BCUT2D eigenvalue weighted by atomic mass is 35.5. The minimum absolute atomic E-state index is 0.254. The zero-order valence-electron chi connectivity index (χ0n) is 14.6. The monoisotopic (exact) mass is 352 g/mol. The number of rotatable bonds is 7. The Hall–Kier alpha value is -1.55. The summed E-state index contributed by atoms with van der Waals surface area (Å²) in [5.74, 6) is 0.572. The number of carbonyl (C=O) groups excluding carboxylic acids is 2. The van der Waals surface area contributed by atoms with Crippen molar-refractivity contribution in [3.8, 4) is 5.75 Å². The second-order valence-corrected chi connectivity index (χ2v) is 7.22. The molecule has 0 bridgehead atoms. The van der Waals surface area contributed by atoms with Crippen LogP contribution in [0.2, 0.25) is 5.02 Å². The molecular formula is C19H25ClO4. The van der Waals surface area contributed by atoms with Crippen molar-refractivity contribution in [3.05, 3.63) is 28.8 Å². The zero-order chi connectivity index (χ0) is 17.7. The second kappa shape index (κ2) is 8.02. The highest BCUT2D eigenvalue weighted by Crippen LogP contribution is 2.31. The van der Waals surface area contributed by atoms with Crippen molar-refractivity contribution in [3.63, 3.8) is 0 Å². The predicted molar refractivity (Wildman–Crippen MR) is 93.5 cm³/mol. The van der Waals surface area contributed by atoms with Gasteiger partial charge in [0.05, 0.1) is 12.1 Å². The van der Waals surface area contributed by atoms with Gasteiger partial charge in [-0.25, -0.2) is 4.79 Å². The fraction of sp³-hybridized carbons (Fsp3) is 0.579. The van der Waals surface area contributed by atoms with Crippen molar-refractivity contribution in [1.29, 1.82) is 0 Å². The van der Waals surface area contributed by atoms with Crippen LogP contribution in [0.1, 0.15) is 51.5 Å². The minimum Gasteiger partial charge on any atom is -0.475 e. The first kappa shape index (κ1) is 18.8. The molecule has 132 valence electrons. The lowest BCUT2D eigenvalue weighted by Gasteiger charge is -2.24. The van der Waals surface area contributed by atoms with E-state index in [9.17, 15) is 9.59 Å². The van der Waals surface area contributed by atoms with Crippen molar-refractivity contribution in [2.45, 2.75) is 58.0 Å². The summed E-state index contributed by atoms with van der Waals surface area (Å²) in [6.45, 7) is 3.26. The summed E-state index contributed by atoms with van der Waals surface area (Å²) in [6.07, 6.45) is 5.64. The molecule has 1 saturated carbocycles. The summed E-state index contributed by atoms with van der Waals surface area (Å²) in [5, 5.41) is 0.429. The average Bonchev–Trinajstić information content (AvgIpc) is 3.08. The highest BCUT2D eigenvalue weighted by molar-refractivity contribution is 6.32. The van der Waals surface area contributed by atoms with Crippen molar-refractivity contribution in [1.82, 2.24) is 0 Å². The van der Waals surface area contributed by atoms with Crippen LogP contribution in [0.15, 0.2) is 18.2 Å². The molecule has 0 aliphatic heterocycles. The molecular weight excluding hydrogens is 328 g/mol. The standard InChI is InChI=1S/C19H25ClO4/c1-19(2,18(22)23-3)24-17-11-9-13(12-15(17)20)8-10-16(21)14-6-4-5-7-14/h9,11-12,14H,4-8,10H2,1-3H3. The molecule has 24 heavy (non-hydrogen) atoms. The van der Waals surface area contributed by atoms with Crippen LogP contribution in [0.3, 0.4) is 0 Å². The summed E-state index contributed by atoms with van der Waals surface area (Å²) in [4.78, 5) is 23.8. The van der Waals surface area contributed by atoms with Crippen LogP contribution in [0, 0.1) is 5.92 Å². The molecule has 0 N–H and O–H groups in total. The third-order valence-electron chi connectivity index (χ3n) is 4.51. The molecule has 0 amide bonds. The lowest BCUT2D eigenvalue weighted by Crippen LogP contribution is -2.39. The number of benzene rings is 1. The molecule has 0 spiro atoms. The third kappa shape index (κ3) is 4.73. The fourth-order valence-electron chi connectivity index (χ4n) is 3.06. The van der Waals surface area contributed by atoms with E-state index in [1.54, 1.807) is 26.0 Å². The Labute approximate surface area is 148 Å². The van der Waals surface area contributed by atoms with Crippen LogP contribution in [-0.4, -0.2) is 24.5 Å². The molecule has 4 nitrogen and oxygen atoms in total. The molecule has 0 aromatic heterocycles. The van der Waals surface area contributed by atoms with Gasteiger partial charge in [-0.3, -0.25) is 4.79 Å². The van der Waals surface area contributed by atoms with E-state index in [0.717, 1.165) is 18.4 Å². The van der Waals surface area contributed by atoms with Crippen LogP contribution in [0.25, 0.3) is 0 Å². The number of esters is 1. The Bertz CT molecular complexity index is 603. The predicted octanol–water partition coefficient (Wildman–Crippen LogP) is 4.36. The first-order chi connectivity index (χ1) is 11.3. The molecule has 1 aromatic rings. The van der Waals surface area contributed by atoms with Crippen molar-refractivity contribution < 1.29 is 19.1 Å². The van der Waals surface area contributed by atoms with Gasteiger partial charge in [-0.15, -0.1) is 0 Å². The second-order valence-electron chi connectivity index (χ2n) is 6.82. The Morgan fingerprint density at radius 1 is 1.25 bits per heavy atom. The van der Waals surface area contributed by atoms with E-state index < -0.39 is 11.6 Å². The summed E-state index contributed by atoms with van der Waals surface area (Å²) in [5.41, 5.74) is -0.118. The van der Waals surface area contributed by atoms with Crippen LogP contribution in [0.5, 0.6) is 5.75 Å². The molecule has 1 aliphatic carbocycles. The number of hydrogen-bond donors (Lipinski definition) is 0. The molecule has 0 saturated heterocycles. The first-order valence-corrected chi connectivity index (χ1v) is 8.80. The number of Topliss-reactive ketones (excluding diaryl/α,β-unsaturated/α-hetero) is 1. The number of hydrogen-bond acceptors (Lipinski definition) is 4. The van der Waals surface area contributed by atoms with Crippen LogP contribution < -0.4 is 4.74 Å². The smallest absolute Gasteiger partial charge is 0.349 e. The maximum atomic E-state index is 12.2. The van der Waals surface area contributed by atoms with Gasteiger partial charge >= 0.3 is 5.97 Å². The van der Waals surface area contributed by atoms with Crippen molar-refractivity contribution >= 4 is 23.4 Å². The quantitative estimate of drug-likeness (QED) is 0.684. The molecule has 1 fully saturated rings. The number of carbonyl (C=O) groups is 2. The van der Waals surface area contributed by atoms with Gasteiger partial charge in [-0.1, -0.05) is 30.5 Å². The Balaban J connectivity index is 1.96. The maximum Gasteiger partial charge on any atom is 0.349 e. The van der Waals surface area contributed by atoms with E-state index in [1.807, 2.05) is 6.07 Å². The summed E-state index contributed by atoms with van der Waals surface area (Å²) in [7, 11) is 1.32. The molecule has 0 unspecified atom stereocenters. The highest BCUT2D eigenvalue weighted by Gasteiger charge is 2.31. The Kier molecular flexibility index (Phi) is 6.27. The van der Waals surface area contributed by atoms with Gasteiger partial charge in [-0.05, 0) is 50.8 Å². The van der Waals surface area contributed by atoms with Crippen LogP contribution in [-0.2, 0) is 20.7 Å². The Morgan fingerprint density at radius 2 is 1.92 bits per heavy atom. The molecule has 0 heterocycles. The lowest BCUT2D eigenvalue weighted by atomic mass is 9.97. The van der Waals surface area contributed by atoms with Crippen LogP contribution in [0.4, 0.5) is 0 Å². The summed E-state index contributed by atoms with van der Waals surface area (Å²) >= 11 is 6.26. The topological polar surface area (TPSA) is 52.6 Å². The van der Waals surface area contributed by atoms with Crippen molar-refractivity contribution in [2.75, 3.05) is 7.11 Å². The fourth-order valence-corrected chi connectivity index (χ4v) is 3.31. The van der Waals surface area contributed by atoms with Gasteiger partial charge in [0.25, 0.3) is 0 Å². The summed E-state index contributed by atoms with van der Waals surface area (Å²) < 4.78 is 10.4. The Morgan fingerprint density at radius 3 is 2.50 bits per heavy atom. The number of aryl methyl sites for hydroxylation is 1. The largest absolute Gasteiger partial charge is 0.475 e. The van der Waals surface area contributed by atoms with E-state index in [2.05, 4.69) is 0 Å². The molecule has 1 aliphatic rings. The average molecular weight is 353 g/mol. The summed E-state index contributed by atoms with van der Waals surface area (Å²) in [6, 6.07) is 5.42. The minimum atomic E-state index is -1.11. The zero-order valence-corrected chi connectivity index (χ0v) is 15.3. The SMILES string of the molecule is COC(=O)C(C)(C)Oc1ccc(CCC(=O)C2CCCC2)cc1Cl. The van der Waals surface area contributed by atoms with E-state index in [-0.39, 0.29) is 5.92 Å². The van der Waals surface area contributed by atoms with Gasteiger partial charge in [0, 0.05) is 12.3 Å². The number of halogens is 1. The molecule has 0 radical (unpaired) electrons. The molecule has 5 heteroatoms. The molecule has 2 rings (SSSR count). The van der Waals surface area contributed by atoms with Gasteiger partial charge in [-0.2, -0.15) is 0 Å². The maximum absolute atomic E-state index is 12.2. The van der Waals surface area contributed by atoms with E-state index in [0.29, 0.717) is 29.4 Å². The van der Waals surface area contributed by atoms with E-state index in [4.69, 9.17) is 21.1 Å². The van der Waals surface area contributed by atoms with E-state index in [1.165, 1.54) is 20.0 Å². The third-order valence-corrected chi connectivity index (χ3v) is 4.80. The first-order valence-electron chi connectivity index (χ1n) is 8.42. The van der Waals surface area contributed by atoms with Gasteiger partial charge in [0.1, 0.15) is 11.5 Å². The van der Waals surface area contributed by atoms with E-state index >= 15 is 0 Å². The van der Waals surface area contributed by atoms with Gasteiger partial charge in [0.2, 0.25) is 0 Å². The number of methoxy groups -OCH3 is 1. The number of ketones is 1. The van der Waals surface area contributed by atoms with Gasteiger partial charge < -0.3 is 9.47 Å². The lowest BCUT2D eigenvalue weighted by molar-refractivity contribution is -0.156. The molecule has 1 aromatic carbocycles.